The van der Waals surface area contributed by atoms with Gasteiger partial charge in [0.25, 0.3) is 0 Å². The lowest BCUT2D eigenvalue weighted by molar-refractivity contribution is 0.122. The summed E-state index contributed by atoms with van der Waals surface area (Å²) in [6.45, 7) is 4.89. The van der Waals surface area contributed by atoms with Gasteiger partial charge in [-0.1, -0.05) is 0 Å². The molecule has 4 heterocycles. The molecule has 4 N–H and O–H groups in total. The Morgan fingerprint density at radius 2 is 1.88 bits per heavy atom. The van der Waals surface area contributed by atoms with Crippen LogP contribution in [0.15, 0.2) is 12.4 Å². The molecule has 0 bridgehead atoms. The van der Waals surface area contributed by atoms with Gasteiger partial charge in [0, 0.05) is 24.8 Å². The Kier molecular flexibility index (Phi) is 3.38. The second-order valence-corrected chi connectivity index (χ2v) is 5.52. The minimum atomic E-state index is 0.0859. The molecule has 24 heavy (non-hydrogen) atoms. The fourth-order valence-electron chi connectivity index (χ4n) is 2.68. The van der Waals surface area contributed by atoms with Crippen LogP contribution < -0.4 is 16.4 Å². The van der Waals surface area contributed by atoms with Crippen LogP contribution in [-0.4, -0.2) is 55.8 Å². The van der Waals surface area contributed by atoms with Crippen molar-refractivity contribution in [3.05, 3.63) is 18.1 Å². The molecule has 1 aliphatic heterocycles. The van der Waals surface area contributed by atoms with E-state index in [9.17, 15) is 0 Å². The van der Waals surface area contributed by atoms with Crippen molar-refractivity contribution in [3.8, 4) is 5.95 Å². The van der Waals surface area contributed by atoms with Gasteiger partial charge in [-0.2, -0.15) is 15.0 Å². The van der Waals surface area contributed by atoms with Gasteiger partial charge in [0.15, 0.2) is 17.0 Å². The number of rotatable bonds is 2. The number of nitrogens with two attached hydrogens (primary N) is 2. The number of morpholine rings is 1. The summed E-state index contributed by atoms with van der Waals surface area (Å²) in [4.78, 5) is 23.7. The van der Waals surface area contributed by atoms with Crippen molar-refractivity contribution >= 4 is 28.7 Å². The number of aromatic nitrogens is 6. The van der Waals surface area contributed by atoms with E-state index in [2.05, 4.69) is 29.8 Å². The van der Waals surface area contributed by atoms with E-state index in [0.717, 1.165) is 24.6 Å². The van der Waals surface area contributed by atoms with Gasteiger partial charge in [0.05, 0.1) is 13.2 Å². The number of anilines is 3. The highest BCUT2D eigenvalue weighted by molar-refractivity contribution is 5.83. The second kappa shape index (κ2) is 5.57. The van der Waals surface area contributed by atoms with Crippen molar-refractivity contribution in [1.29, 1.82) is 0 Å². The average Bonchev–Trinajstić information content (AvgIpc) is 2.99. The fourth-order valence-corrected chi connectivity index (χ4v) is 2.68. The third-order valence-corrected chi connectivity index (χ3v) is 3.82. The lowest BCUT2D eigenvalue weighted by Gasteiger charge is -2.28. The number of hydrogen-bond acceptors (Lipinski definition) is 9. The highest BCUT2D eigenvalue weighted by atomic mass is 16.5. The van der Waals surface area contributed by atoms with E-state index in [4.69, 9.17) is 16.2 Å². The van der Waals surface area contributed by atoms with Gasteiger partial charge in [-0.3, -0.25) is 4.57 Å². The van der Waals surface area contributed by atoms with Crippen LogP contribution in [0, 0.1) is 6.92 Å². The Bertz CT molecular complexity index is 901. The quantitative estimate of drug-likeness (QED) is 0.662. The maximum atomic E-state index is 5.86. The second-order valence-electron chi connectivity index (χ2n) is 5.52. The highest BCUT2D eigenvalue weighted by Gasteiger charge is 2.17. The third-order valence-electron chi connectivity index (χ3n) is 3.82. The number of hydrogen-bond donors (Lipinski definition) is 2. The van der Waals surface area contributed by atoms with Crippen molar-refractivity contribution in [2.24, 2.45) is 0 Å². The maximum Gasteiger partial charge on any atom is 0.238 e. The van der Waals surface area contributed by atoms with Crippen LogP contribution in [0.4, 0.5) is 17.6 Å². The number of nitrogen functional groups attached to an aromatic ring is 2. The summed E-state index contributed by atoms with van der Waals surface area (Å²) in [7, 11) is 0. The van der Waals surface area contributed by atoms with Gasteiger partial charge >= 0.3 is 0 Å². The molecule has 0 aromatic carbocycles. The standard InChI is InChI=1S/C14H17N9O/c1-8-6-9(22-2-4-24-5-3-22)19-14(18-8)23-7-17-10-11(15)20-13(16)21-12(10)23/h6-7H,2-5H2,1H3,(H4,15,16,20,21). The van der Waals surface area contributed by atoms with Crippen LogP contribution in [0.25, 0.3) is 17.1 Å². The lowest BCUT2D eigenvalue weighted by atomic mass is 10.3. The van der Waals surface area contributed by atoms with Gasteiger partial charge < -0.3 is 21.1 Å². The number of fused-ring (bicyclic) bond motifs is 1. The van der Waals surface area contributed by atoms with Crippen LogP contribution in [0.5, 0.6) is 0 Å². The minimum absolute atomic E-state index is 0.0859. The largest absolute Gasteiger partial charge is 0.382 e. The minimum Gasteiger partial charge on any atom is -0.382 e. The first kappa shape index (κ1) is 14.6. The average molecular weight is 327 g/mol. The van der Waals surface area contributed by atoms with E-state index in [1.165, 1.54) is 0 Å². The molecule has 1 saturated heterocycles. The summed E-state index contributed by atoms with van der Waals surface area (Å²) in [5, 5.41) is 0. The Labute approximate surface area is 137 Å². The van der Waals surface area contributed by atoms with E-state index in [1.54, 1.807) is 10.9 Å². The van der Waals surface area contributed by atoms with Gasteiger partial charge in [-0.15, -0.1) is 0 Å². The van der Waals surface area contributed by atoms with Gasteiger partial charge in [0.2, 0.25) is 11.9 Å². The van der Waals surface area contributed by atoms with E-state index in [0.29, 0.717) is 30.3 Å². The molecular weight excluding hydrogens is 310 g/mol. The summed E-state index contributed by atoms with van der Waals surface area (Å²) in [6, 6.07) is 1.95. The number of aryl methyl sites for hydroxylation is 1. The van der Waals surface area contributed by atoms with Gasteiger partial charge in [-0.25, -0.2) is 9.97 Å². The van der Waals surface area contributed by atoms with Crippen molar-refractivity contribution in [3.63, 3.8) is 0 Å². The molecule has 0 spiro atoms. The molecule has 0 unspecified atom stereocenters. The van der Waals surface area contributed by atoms with Gasteiger partial charge in [-0.05, 0) is 6.92 Å². The molecule has 10 nitrogen and oxygen atoms in total. The van der Waals surface area contributed by atoms with E-state index in [-0.39, 0.29) is 11.8 Å². The highest BCUT2D eigenvalue weighted by Crippen LogP contribution is 2.21. The van der Waals surface area contributed by atoms with Crippen LogP contribution in [-0.2, 0) is 4.74 Å². The zero-order valence-electron chi connectivity index (χ0n) is 13.2. The predicted octanol–water partition coefficient (Wildman–Crippen LogP) is -0.0851. The summed E-state index contributed by atoms with van der Waals surface area (Å²) >= 11 is 0. The first-order valence-corrected chi connectivity index (χ1v) is 7.56. The summed E-state index contributed by atoms with van der Waals surface area (Å²) in [5.74, 6) is 1.63. The molecule has 1 aliphatic rings. The molecular formula is C14H17N9O. The van der Waals surface area contributed by atoms with E-state index in [1.807, 2.05) is 13.0 Å². The number of imidazole rings is 1. The van der Waals surface area contributed by atoms with Crippen LogP contribution >= 0.6 is 0 Å². The summed E-state index contributed by atoms with van der Waals surface area (Å²) < 4.78 is 7.06. The Hall–Kier alpha value is -3.01. The van der Waals surface area contributed by atoms with Gasteiger partial charge in [0.1, 0.15) is 12.1 Å². The molecule has 0 aliphatic carbocycles. The first-order chi connectivity index (χ1) is 11.6. The molecule has 0 radical (unpaired) electrons. The van der Waals surface area contributed by atoms with Crippen LogP contribution in [0.2, 0.25) is 0 Å². The van der Waals surface area contributed by atoms with E-state index < -0.39 is 0 Å². The van der Waals surface area contributed by atoms with E-state index >= 15 is 0 Å². The zero-order chi connectivity index (χ0) is 16.7. The number of ether oxygens (including phenoxy) is 1. The smallest absolute Gasteiger partial charge is 0.238 e. The molecule has 3 aromatic rings. The monoisotopic (exact) mass is 327 g/mol. The topological polar surface area (TPSA) is 134 Å². The normalized spacial score (nSPS) is 15.1. The van der Waals surface area contributed by atoms with Crippen molar-refractivity contribution in [2.45, 2.75) is 6.92 Å². The maximum absolute atomic E-state index is 5.86. The SMILES string of the molecule is Cc1cc(N2CCOCC2)nc(-n2cnc3c(N)nc(N)nc32)n1. The fraction of sp³-hybridized carbons (Fsp3) is 0.357. The van der Waals surface area contributed by atoms with Crippen LogP contribution in [0.3, 0.4) is 0 Å². The Balaban J connectivity index is 1.83. The molecule has 0 amide bonds. The Morgan fingerprint density at radius 3 is 2.67 bits per heavy atom. The molecule has 124 valence electrons. The Morgan fingerprint density at radius 1 is 1.08 bits per heavy atom. The molecule has 0 saturated carbocycles. The zero-order valence-corrected chi connectivity index (χ0v) is 13.2. The van der Waals surface area contributed by atoms with Crippen molar-refractivity contribution in [2.75, 3.05) is 42.7 Å². The number of nitrogens with zero attached hydrogens (tertiary/aromatic N) is 7. The lowest BCUT2D eigenvalue weighted by Crippen LogP contribution is -2.37. The third kappa shape index (κ3) is 2.46. The van der Waals surface area contributed by atoms with Crippen molar-refractivity contribution in [1.82, 2.24) is 29.5 Å². The van der Waals surface area contributed by atoms with Crippen LogP contribution in [0.1, 0.15) is 5.69 Å². The predicted molar refractivity (Wildman–Crippen MR) is 88.8 cm³/mol. The summed E-state index contributed by atoms with van der Waals surface area (Å²) in [5.41, 5.74) is 13.4. The first-order valence-electron chi connectivity index (χ1n) is 7.56. The molecule has 1 fully saturated rings. The van der Waals surface area contributed by atoms with Crippen molar-refractivity contribution < 1.29 is 4.74 Å². The summed E-state index contributed by atoms with van der Waals surface area (Å²) in [6.07, 6.45) is 1.58. The molecule has 0 atom stereocenters. The molecule has 10 heteroatoms. The molecule has 3 aromatic heterocycles. The molecule has 4 rings (SSSR count).